The van der Waals surface area contributed by atoms with E-state index in [-0.39, 0.29) is 28.6 Å². The second-order valence-electron chi connectivity index (χ2n) is 4.60. The first-order chi connectivity index (χ1) is 9.73. The molecule has 21 heavy (non-hydrogen) atoms. The highest BCUT2D eigenvalue weighted by molar-refractivity contribution is 9.10. The fourth-order valence-electron chi connectivity index (χ4n) is 2.02. The van der Waals surface area contributed by atoms with Crippen molar-refractivity contribution in [3.8, 4) is 11.5 Å². The topological polar surface area (TPSA) is 110 Å². The molecule has 1 heterocycles. The van der Waals surface area contributed by atoms with E-state index < -0.39 is 28.0 Å². The molecule has 1 fully saturated rings. The van der Waals surface area contributed by atoms with E-state index >= 15 is 0 Å². The van der Waals surface area contributed by atoms with Crippen LogP contribution in [0.15, 0.2) is 16.6 Å². The highest BCUT2D eigenvalue weighted by atomic mass is 79.9. The third-order valence-electron chi connectivity index (χ3n) is 3.02. The Hall–Kier alpha value is -1.32. The average molecular weight is 381 g/mol. The summed E-state index contributed by atoms with van der Waals surface area (Å²) >= 11 is 3.16. The molecule has 116 valence electrons. The molecule has 0 spiro atoms. The van der Waals surface area contributed by atoms with Crippen LogP contribution in [-0.4, -0.2) is 55.4 Å². The molecule has 0 amide bonds. The predicted molar refractivity (Wildman–Crippen MR) is 76.7 cm³/mol. The fourth-order valence-corrected chi connectivity index (χ4v) is 4.22. The molecule has 0 aromatic heterocycles. The summed E-state index contributed by atoms with van der Waals surface area (Å²) in [7, 11) is -2.01. The number of hydrogen-bond acceptors (Lipinski definition) is 6. The molecule has 9 heteroatoms. The molecule has 1 aliphatic rings. The maximum absolute atomic E-state index is 11.5. The minimum Gasteiger partial charge on any atom is -0.493 e. The number of aliphatic hydroxyl groups is 1. The quantitative estimate of drug-likeness (QED) is 0.790. The van der Waals surface area contributed by atoms with Crippen molar-refractivity contribution in [2.24, 2.45) is 0 Å². The molecule has 0 radical (unpaired) electrons. The number of carbonyl (C=O) groups is 1. The van der Waals surface area contributed by atoms with Crippen molar-refractivity contribution in [3.63, 3.8) is 0 Å². The highest BCUT2D eigenvalue weighted by Crippen LogP contribution is 2.38. The van der Waals surface area contributed by atoms with Gasteiger partial charge in [-0.05, 0) is 28.1 Å². The Labute approximate surface area is 129 Å². The van der Waals surface area contributed by atoms with E-state index in [1.807, 2.05) is 0 Å². The van der Waals surface area contributed by atoms with E-state index in [0.29, 0.717) is 4.47 Å². The molecule has 1 saturated heterocycles. The first kappa shape index (κ1) is 16.1. The van der Waals surface area contributed by atoms with Crippen LogP contribution in [0, 0.1) is 0 Å². The van der Waals surface area contributed by atoms with Crippen LogP contribution in [0.25, 0.3) is 0 Å². The fraction of sp³-hybridized carbons (Fsp3) is 0.417. The van der Waals surface area contributed by atoms with Crippen LogP contribution >= 0.6 is 15.9 Å². The lowest BCUT2D eigenvalue weighted by molar-refractivity contribution is 0.0687. The second kappa shape index (κ2) is 5.82. The van der Waals surface area contributed by atoms with Crippen LogP contribution in [0.5, 0.6) is 11.5 Å². The lowest BCUT2D eigenvalue weighted by Crippen LogP contribution is -2.30. The van der Waals surface area contributed by atoms with Crippen LogP contribution in [0.3, 0.4) is 0 Å². The minimum absolute atomic E-state index is 0.00864. The van der Waals surface area contributed by atoms with Crippen LogP contribution < -0.4 is 9.47 Å². The molecule has 0 bridgehead atoms. The van der Waals surface area contributed by atoms with Gasteiger partial charge in [-0.2, -0.15) is 0 Å². The van der Waals surface area contributed by atoms with Crippen molar-refractivity contribution in [3.05, 3.63) is 22.2 Å². The number of rotatable bonds is 4. The van der Waals surface area contributed by atoms with Gasteiger partial charge in [0.2, 0.25) is 0 Å². The van der Waals surface area contributed by atoms with Gasteiger partial charge in [0.15, 0.2) is 21.3 Å². The Morgan fingerprint density at radius 1 is 1.38 bits per heavy atom. The van der Waals surface area contributed by atoms with Gasteiger partial charge in [-0.25, -0.2) is 13.2 Å². The molecule has 2 N–H and O–H groups in total. The standard InChI is InChI=1S/C12H13BrO7S/c1-19-9-3-6(12(15)16)2-7(13)11(9)20-10-5-21(17,18)4-8(10)14/h2-3,8,10,14H,4-5H2,1H3,(H,15,16). The van der Waals surface area contributed by atoms with E-state index in [0.717, 1.165) is 0 Å². The number of methoxy groups -OCH3 is 1. The number of benzene rings is 1. The molecule has 2 atom stereocenters. The smallest absolute Gasteiger partial charge is 0.335 e. The number of halogens is 1. The summed E-state index contributed by atoms with van der Waals surface area (Å²) in [6, 6.07) is 2.58. The van der Waals surface area contributed by atoms with Gasteiger partial charge in [0.05, 0.1) is 28.7 Å². The van der Waals surface area contributed by atoms with Crippen molar-refractivity contribution in [2.45, 2.75) is 12.2 Å². The van der Waals surface area contributed by atoms with Gasteiger partial charge in [-0.15, -0.1) is 0 Å². The van der Waals surface area contributed by atoms with E-state index in [1.54, 1.807) is 0 Å². The summed E-state index contributed by atoms with van der Waals surface area (Å²) in [5, 5.41) is 18.7. The van der Waals surface area contributed by atoms with Crippen molar-refractivity contribution in [2.75, 3.05) is 18.6 Å². The molecule has 1 aliphatic heterocycles. The van der Waals surface area contributed by atoms with Gasteiger partial charge in [-0.1, -0.05) is 0 Å². The van der Waals surface area contributed by atoms with Crippen molar-refractivity contribution < 1.29 is 32.9 Å². The number of ether oxygens (including phenoxy) is 2. The third-order valence-corrected chi connectivity index (χ3v) is 5.29. The van der Waals surface area contributed by atoms with Gasteiger partial charge in [-0.3, -0.25) is 0 Å². The van der Waals surface area contributed by atoms with E-state index in [9.17, 15) is 18.3 Å². The molecule has 0 aliphatic carbocycles. The Morgan fingerprint density at radius 2 is 2.05 bits per heavy atom. The van der Waals surface area contributed by atoms with Crippen molar-refractivity contribution in [1.29, 1.82) is 0 Å². The SMILES string of the molecule is COc1cc(C(=O)O)cc(Br)c1OC1CS(=O)(=O)CC1O. The predicted octanol–water partition coefficient (Wildman–Crippen LogP) is 0.693. The minimum atomic E-state index is -3.34. The Kier molecular flexibility index (Phi) is 4.45. The van der Waals surface area contributed by atoms with E-state index in [4.69, 9.17) is 14.6 Å². The largest absolute Gasteiger partial charge is 0.493 e. The van der Waals surface area contributed by atoms with Crippen molar-refractivity contribution >= 4 is 31.7 Å². The molecule has 1 aromatic carbocycles. The zero-order chi connectivity index (χ0) is 15.8. The third kappa shape index (κ3) is 3.47. The summed E-state index contributed by atoms with van der Waals surface area (Å²) < 4.78 is 33.8. The lowest BCUT2D eigenvalue weighted by atomic mass is 10.2. The number of aromatic carboxylic acids is 1. The van der Waals surface area contributed by atoms with Crippen LogP contribution in [-0.2, 0) is 9.84 Å². The lowest BCUT2D eigenvalue weighted by Gasteiger charge is -2.19. The van der Waals surface area contributed by atoms with Crippen LogP contribution in [0.2, 0.25) is 0 Å². The number of carboxylic acid groups (broad SMARTS) is 1. The van der Waals surface area contributed by atoms with Gasteiger partial charge in [0.25, 0.3) is 0 Å². The van der Waals surface area contributed by atoms with E-state index in [1.165, 1.54) is 19.2 Å². The molecular weight excluding hydrogens is 368 g/mol. The summed E-state index contributed by atoms with van der Waals surface area (Å²) in [4.78, 5) is 11.0. The maximum atomic E-state index is 11.5. The van der Waals surface area contributed by atoms with E-state index in [2.05, 4.69) is 15.9 Å². The van der Waals surface area contributed by atoms with Crippen LogP contribution in [0.4, 0.5) is 0 Å². The molecule has 1 aromatic rings. The Balaban J connectivity index is 2.34. The maximum Gasteiger partial charge on any atom is 0.335 e. The summed E-state index contributed by atoms with van der Waals surface area (Å²) in [5.41, 5.74) is -0.00864. The number of hydrogen-bond donors (Lipinski definition) is 2. The van der Waals surface area contributed by atoms with Gasteiger partial charge < -0.3 is 19.7 Å². The number of sulfone groups is 1. The van der Waals surface area contributed by atoms with Crippen molar-refractivity contribution in [1.82, 2.24) is 0 Å². The molecule has 7 nitrogen and oxygen atoms in total. The first-order valence-corrected chi connectivity index (χ1v) is 8.51. The Bertz CT molecular complexity index is 670. The summed E-state index contributed by atoms with van der Waals surface area (Å²) in [6.45, 7) is 0. The monoisotopic (exact) mass is 380 g/mol. The number of aliphatic hydroxyl groups excluding tert-OH is 1. The zero-order valence-corrected chi connectivity index (χ0v) is 13.3. The zero-order valence-electron chi connectivity index (χ0n) is 10.9. The molecular formula is C12H13BrO7S. The first-order valence-electron chi connectivity index (χ1n) is 5.89. The van der Waals surface area contributed by atoms with Gasteiger partial charge in [0.1, 0.15) is 12.2 Å². The van der Waals surface area contributed by atoms with Gasteiger partial charge in [0, 0.05) is 0 Å². The van der Waals surface area contributed by atoms with Crippen LogP contribution in [0.1, 0.15) is 10.4 Å². The summed E-state index contributed by atoms with van der Waals surface area (Å²) in [5.74, 6) is -1.50. The summed E-state index contributed by atoms with van der Waals surface area (Å²) in [6.07, 6.45) is -2.05. The normalized spacial score (nSPS) is 23.8. The molecule has 0 saturated carbocycles. The van der Waals surface area contributed by atoms with Gasteiger partial charge >= 0.3 is 5.97 Å². The molecule has 2 rings (SSSR count). The molecule has 2 unspecified atom stereocenters. The highest BCUT2D eigenvalue weighted by Gasteiger charge is 2.39. The Morgan fingerprint density at radius 3 is 2.52 bits per heavy atom. The average Bonchev–Trinajstić information content (AvgIpc) is 2.64. The second-order valence-corrected chi connectivity index (χ2v) is 7.60. The number of carboxylic acids is 1.